The molecule has 110 valence electrons. The van der Waals surface area contributed by atoms with Gasteiger partial charge in [0.1, 0.15) is 0 Å². The third kappa shape index (κ3) is 4.66. The van der Waals surface area contributed by atoms with Gasteiger partial charge in [-0.25, -0.2) is 4.79 Å². The van der Waals surface area contributed by atoms with Crippen molar-refractivity contribution in [2.75, 3.05) is 31.6 Å². The van der Waals surface area contributed by atoms with Crippen molar-refractivity contribution in [1.82, 2.24) is 4.90 Å². The Morgan fingerprint density at radius 2 is 1.80 bits per heavy atom. The number of hydrogen-bond acceptors (Lipinski definition) is 4. The summed E-state index contributed by atoms with van der Waals surface area (Å²) < 4.78 is 4.97. The molecule has 20 heavy (non-hydrogen) atoms. The minimum absolute atomic E-state index is 0.134. The van der Waals surface area contributed by atoms with Gasteiger partial charge in [-0.05, 0) is 32.1 Å². The fourth-order valence-electron chi connectivity index (χ4n) is 1.82. The number of hydrogen-bond donors (Lipinski definition) is 1. The number of carbonyl (C=O) groups is 2. The summed E-state index contributed by atoms with van der Waals surface area (Å²) in [6, 6.07) is 6.86. The van der Waals surface area contributed by atoms with Gasteiger partial charge in [0.25, 0.3) is 0 Å². The van der Waals surface area contributed by atoms with E-state index in [1.54, 1.807) is 31.2 Å². The smallest absolute Gasteiger partial charge is 0.340 e. The van der Waals surface area contributed by atoms with Crippen LogP contribution in [0.2, 0.25) is 0 Å². The highest BCUT2D eigenvalue weighted by molar-refractivity contribution is 6.01. The van der Waals surface area contributed by atoms with Gasteiger partial charge in [0.15, 0.2) is 0 Å². The first-order valence-corrected chi connectivity index (χ1v) is 6.90. The van der Waals surface area contributed by atoms with Gasteiger partial charge in [0.2, 0.25) is 5.91 Å². The second-order valence-electron chi connectivity index (χ2n) is 4.28. The number of ether oxygens (including phenoxy) is 1. The first-order valence-electron chi connectivity index (χ1n) is 6.90. The van der Waals surface area contributed by atoms with E-state index in [0.29, 0.717) is 24.4 Å². The van der Waals surface area contributed by atoms with Crippen LogP contribution < -0.4 is 5.32 Å². The molecule has 0 unspecified atom stereocenters. The molecule has 0 aliphatic carbocycles. The van der Waals surface area contributed by atoms with E-state index in [-0.39, 0.29) is 5.91 Å². The van der Waals surface area contributed by atoms with Crippen LogP contribution in [-0.2, 0) is 9.53 Å². The minimum Gasteiger partial charge on any atom is -0.462 e. The molecule has 5 heteroatoms. The van der Waals surface area contributed by atoms with Crippen molar-refractivity contribution in [2.24, 2.45) is 0 Å². The molecule has 0 radical (unpaired) electrons. The van der Waals surface area contributed by atoms with Crippen molar-refractivity contribution in [1.29, 1.82) is 0 Å². The van der Waals surface area contributed by atoms with Gasteiger partial charge in [-0.1, -0.05) is 26.0 Å². The third-order valence-electron chi connectivity index (χ3n) is 2.96. The van der Waals surface area contributed by atoms with Crippen molar-refractivity contribution in [3.63, 3.8) is 0 Å². The van der Waals surface area contributed by atoms with E-state index >= 15 is 0 Å². The standard InChI is InChI=1S/C15H22N2O3/c1-4-17(5-2)11-14(18)16-13-10-8-7-9-12(13)15(19)20-6-3/h7-10H,4-6,11H2,1-3H3,(H,16,18). The lowest BCUT2D eigenvalue weighted by Crippen LogP contribution is -2.33. The number of carbonyl (C=O) groups excluding carboxylic acids is 2. The topological polar surface area (TPSA) is 58.6 Å². The van der Waals surface area contributed by atoms with Crippen LogP contribution in [0.1, 0.15) is 31.1 Å². The Hall–Kier alpha value is -1.88. The molecule has 1 aromatic rings. The maximum Gasteiger partial charge on any atom is 0.340 e. The van der Waals surface area contributed by atoms with Crippen molar-refractivity contribution in [3.8, 4) is 0 Å². The molecule has 1 N–H and O–H groups in total. The van der Waals surface area contributed by atoms with Crippen molar-refractivity contribution in [3.05, 3.63) is 29.8 Å². The largest absolute Gasteiger partial charge is 0.462 e. The summed E-state index contributed by atoms with van der Waals surface area (Å²) in [5.41, 5.74) is 0.866. The summed E-state index contributed by atoms with van der Waals surface area (Å²) in [5, 5.41) is 2.77. The Balaban J connectivity index is 2.77. The predicted molar refractivity (Wildman–Crippen MR) is 78.8 cm³/mol. The lowest BCUT2D eigenvalue weighted by atomic mass is 10.2. The number of nitrogens with one attached hydrogen (secondary N) is 1. The van der Waals surface area contributed by atoms with Crippen LogP contribution in [0.5, 0.6) is 0 Å². The predicted octanol–water partition coefficient (Wildman–Crippen LogP) is 2.14. The second kappa shape index (κ2) is 8.32. The molecule has 1 amide bonds. The number of esters is 1. The molecule has 0 spiro atoms. The van der Waals surface area contributed by atoms with E-state index in [2.05, 4.69) is 5.32 Å². The number of para-hydroxylation sites is 1. The van der Waals surface area contributed by atoms with Gasteiger partial charge < -0.3 is 10.1 Å². The zero-order chi connectivity index (χ0) is 15.0. The normalized spacial score (nSPS) is 10.4. The zero-order valence-corrected chi connectivity index (χ0v) is 12.3. The maximum atomic E-state index is 12.0. The number of anilines is 1. The highest BCUT2D eigenvalue weighted by Crippen LogP contribution is 2.16. The molecule has 0 heterocycles. The van der Waals surface area contributed by atoms with Crippen LogP contribution >= 0.6 is 0 Å². The molecule has 0 atom stereocenters. The summed E-state index contributed by atoms with van der Waals surface area (Å²) in [5.74, 6) is -0.559. The summed E-state index contributed by atoms with van der Waals surface area (Å²) in [6.45, 7) is 7.99. The van der Waals surface area contributed by atoms with Gasteiger partial charge >= 0.3 is 5.97 Å². The molecular formula is C15H22N2O3. The first kappa shape index (κ1) is 16.2. The fourth-order valence-corrected chi connectivity index (χ4v) is 1.82. The average Bonchev–Trinajstić information content (AvgIpc) is 2.45. The monoisotopic (exact) mass is 278 g/mol. The molecule has 0 saturated heterocycles. The number of amides is 1. The van der Waals surface area contributed by atoms with Crippen molar-refractivity contribution < 1.29 is 14.3 Å². The molecule has 1 aromatic carbocycles. The highest BCUT2D eigenvalue weighted by atomic mass is 16.5. The van der Waals surface area contributed by atoms with Gasteiger partial charge in [0.05, 0.1) is 24.4 Å². The lowest BCUT2D eigenvalue weighted by molar-refractivity contribution is -0.117. The average molecular weight is 278 g/mol. The Labute approximate surface area is 119 Å². The fraction of sp³-hybridized carbons (Fsp3) is 0.467. The van der Waals surface area contributed by atoms with Gasteiger partial charge in [-0.3, -0.25) is 9.69 Å². The van der Waals surface area contributed by atoms with E-state index in [1.807, 2.05) is 18.7 Å². The van der Waals surface area contributed by atoms with Crippen LogP contribution in [0.15, 0.2) is 24.3 Å². The number of benzene rings is 1. The van der Waals surface area contributed by atoms with Crippen LogP contribution in [0.3, 0.4) is 0 Å². The van der Waals surface area contributed by atoms with E-state index in [1.165, 1.54) is 0 Å². The van der Waals surface area contributed by atoms with E-state index in [4.69, 9.17) is 4.74 Å². The molecule has 0 saturated carbocycles. The maximum absolute atomic E-state index is 12.0. The lowest BCUT2D eigenvalue weighted by Gasteiger charge is -2.18. The molecule has 5 nitrogen and oxygen atoms in total. The molecule has 0 bridgehead atoms. The van der Waals surface area contributed by atoms with Gasteiger partial charge in [0, 0.05) is 0 Å². The number of nitrogens with zero attached hydrogens (tertiary/aromatic N) is 1. The summed E-state index contributed by atoms with van der Waals surface area (Å²) in [7, 11) is 0. The Morgan fingerprint density at radius 1 is 1.15 bits per heavy atom. The third-order valence-corrected chi connectivity index (χ3v) is 2.96. The first-order chi connectivity index (χ1) is 9.62. The Morgan fingerprint density at radius 3 is 2.40 bits per heavy atom. The van der Waals surface area contributed by atoms with Crippen molar-refractivity contribution >= 4 is 17.6 Å². The molecule has 0 aliphatic heterocycles. The number of likely N-dealkylation sites (N-methyl/N-ethyl adjacent to an activating group) is 1. The molecule has 1 rings (SSSR count). The van der Waals surface area contributed by atoms with Gasteiger partial charge in [-0.2, -0.15) is 0 Å². The van der Waals surface area contributed by atoms with Crippen LogP contribution in [0.4, 0.5) is 5.69 Å². The van der Waals surface area contributed by atoms with E-state index in [9.17, 15) is 9.59 Å². The van der Waals surface area contributed by atoms with Crippen molar-refractivity contribution in [2.45, 2.75) is 20.8 Å². The van der Waals surface area contributed by atoms with Gasteiger partial charge in [-0.15, -0.1) is 0 Å². The van der Waals surface area contributed by atoms with Crippen LogP contribution in [-0.4, -0.2) is 43.0 Å². The SMILES string of the molecule is CCOC(=O)c1ccccc1NC(=O)CN(CC)CC. The van der Waals surface area contributed by atoms with Crippen LogP contribution in [0, 0.1) is 0 Å². The Bertz CT molecular complexity index is 456. The zero-order valence-electron chi connectivity index (χ0n) is 12.3. The molecule has 0 aliphatic rings. The number of rotatable bonds is 7. The second-order valence-corrected chi connectivity index (χ2v) is 4.28. The summed E-state index contributed by atoms with van der Waals surface area (Å²) >= 11 is 0. The Kier molecular flexibility index (Phi) is 6.73. The molecular weight excluding hydrogens is 256 g/mol. The van der Waals surface area contributed by atoms with E-state index in [0.717, 1.165) is 13.1 Å². The van der Waals surface area contributed by atoms with Crippen LogP contribution in [0.25, 0.3) is 0 Å². The van der Waals surface area contributed by atoms with E-state index < -0.39 is 5.97 Å². The highest BCUT2D eigenvalue weighted by Gasteiger charge is 2.14. The minimum atomic E-state index is -0.425. The summed E-state index contributed by atoms with van der Waals surface area (Å²) in [4.78, 5) is 25.8. The molecule has 0 fully saturated rings. The summed E-state index contributed by atoms with van der Waals surface area (Å²) in [6.07, 6.45) is 0. The molecule has 0 aromatic heterocycles. The quantitative estimate of drug-likeness (QED) is 0.776.